The van der Waals surface area contributed by atoms with E-state index in [0.717, 1.165) is 17.5 Å². The molecular formula is C9H11N3O. The van der Waals surface area contributed by atoms with Crippen LogP contribution in [0.25, 0.3) is 11.1 Å². The van der Waals surface area contributed by atoms with Crippen molar-refractivity contribution in [2.75, 3.05) is 5.43 Å². The van der Waals surface area contributed by atoms with Crippen LogP contribution in [0.2, 0.25) is 0 Å². The number of anilines is 1. The molecule has 3 N–H and O–H groups in total. The predicted octanol–water partition coefficient (Wildman–Crippen LogP) is 1.68. The maximum absolute atomic E-state index is 5.31. The number of hydrazine groups is 1. The Kier molecular flexibility index (Phi) is 1.90. The maximum atomic E-state index is 5.31. The van der Waals surface area contributed by atoms with E-state index in [2.05, 4.69) is 17.3 Å². The van der Waals surface area contributed by atoms with Crippen molar-refractivity contribution in [2.24, 2.45) is 5.84 Å². The second kappa shape index (κ2) is 3.06. The Bertz CT molecular complexity index is 422. The van der Waals surface area contributed by atoms with Crippen LogP contribution < -0.4 is 11.3 Å². The van der Waals surface area contributed by atoms with E-state index in [1.807, 2.05) is 18.2 Å². The smallest absolute Gasteiger partial charge is 0.310 e. The monoisotopic (exact) mass is 177 g/mol. The van der Waals surface area contributed by atoms with Gasteiger partial charge in [0, 0.05) is 0 Å². The van der Waals surface area contributed by atoms with Gasteiger partial charge < -0.3 is 4.42 Å². The lowest BCUT2D eigenvalue weighted by atomic mass is 10.1. The van der Waals surface area contributed by atoms with Crippen LogP contribution in [0.15, 0.2) is 22.6 Å². The molecule has 0 spiro atoms. The average Bonchev–Trinajstić information content (AvgIpc) is 2.59. The van der Waals surface area contributed by atoms with Gasteiger partial charge in [-0.25, -0.2) is 5.84 Å². The summed E-state index contributed by atoms with van der Waals surface area (Å²) in [5.41, 5.74) is 5.22. The van der Waals surface area contributed by atoms with Crippen LogP contribution in [0.1, 0.15) is 12.5 Å². The Balaban J connectivity index is 2.67. The Labute approximate surface area is 75.7 Å². The first-order valence-electron chi connectivity index (χ1n) is 4.20. The van der Waals surface area contributed by atoms with Crippen molar-refractivity contribution < 1.29 is 4.42 Å². The van der Waals surface area contributed by atoms with Crippen molar-refractivity contribution in [3.8, 4) is 0 Å². The van der Waals surface area contributed by atoms with Gasteiger partial charge in [0.15, 0.2) is 5.58 Å². The van der Waals surface area contributed by atoms with Crippen molar-refractivity contribution in [3.05, 3.63) is 23.8 Å². The van der Waals surface area contributed by atoms with Gasteiger partial charge in [-0.05, 0) is 18.1 Å². The fraction of sp³-hybridized carbons (Fsp3) is 0.222. The molecule has 0 aliphatic rings. The van der Waals surface area contributed by atoms with E-state index in [1.165, 1.54) is 5.56 Å². The van der Waals surface area contributed by atoms with Crippen LogP contribution in [0.3, 0.4) is 0 Å². The largest absolute Gasteiger partial charge is 0.423 e. The van der Waals surface area contributed by atoms with E-state index in [0.29, 0.717) is 6.01 Å². The SMILES string of the molecule is CCc1cccc2oc(NN)nc12. The van der Waals surface area contributed by atoms with Gasteiger partial charge in [0.05, 0.1) is 0 Å². The molecule has 0 aliphatic heterocycles. The second-order valence-electron chi connectivity index (χ2n) is 2.78. The highest BCUT2D eigenvalue weighted by Gasteiger charge is 2.06. The van der Waals surface area contributed by atoms with Crippen LogP contribution >= 0.6 is 0 Å². The summed E-state index contributed by atoms with van der Waals surface area (Å²) in [5.74, 6) is 5.20. The zero-order valence-corrected chi connectivity index (χ0v) is 7.37. The van der Waals surface area contributed by atoms with E-state index >= 15 is 0 Å². The Morgan fingerprint density at radius 2 is 2.38 bits per heavy atom. The summed E-state index contributed by atoms with van der Waals surface area (Å²) in [7, 11) is 0. The number of benzene rings is 1. The molecule has 0 amide bonds. The molecule has 0 saturated carbocycles. The quantitative estimate of drug-likeness (QED) is 0.541. The van der Waals surface area contributed by atoms with Gasteiger partial charge in [-0.15, -0.1) is 0 Å². The number of hydrogen-bond donors (Lipinski definition) is 2. The molecule has 0 aliphatic carbocycles. The van der Waals surface area contributed by atoms with E-state index in [9.17, 15) is 0 Å². The summed E-state index contributed by atoms with van der Waals surface area (Å²) in [5, 5.41) is 0. The third-order valence-corrected chi connectivity index (χ3v) is 2.01. The molecule has 4 heteroatoms. The number of nitrogens with two attached hydrogens (primary N) is 1. The molecule has 0 saturated heterocycles. The number of nitrogen functional groups attached to an aromatic ring is 1. The van der Waals surface area contributed by atoms with Crippen molar-refractivity contribution >= 4 is 17.1 Å². The number of aryl methyl sites for hydroxylation is 1. The molecule has 0 radical (unpaired) electrons. The van der Waals surface area contributed by atoms with Gasteiger partial charge in [0.2, 0.25) is 0 Å². The van der Waals surface area contributed by atoms with Crippen molar-refractivity contribution in [1.82, 2.24) is 4.98 Å². The molecular weight excluding hydrogens is 166 g/mol. The van der Waals surface area contributed by atoms with Gasteiger partial charge in [0.1, 0.15) is 5.52 Å². The van der Waals surface area contributed by atoms with Crippen LogP contribution in [0.4, 0.5) is 6.01 Å². The van der Waals surface area contributed by atoms with Crippen molar-refractivity contribution in [1.29, 1.82) is 0 Å². The maximum Gasteiger partial charge on any atom is 0.310 e. The third-order valence-electron chi connectivity index (χ3n) is 2.01. The minimum Gasteiger partial charge on any atom is -0.423 e. The minimum absolute atomic E-state index is 0.357. The molecule has 2 rings (SSSR count). The average molecular weight is 177 g/mol. The summed E-state index contributed by atoms with van der Waals surface area (Å²) in [4.78, 5) is 4.20. The topological polar surface area (TPSA) is 64.1 Å². The van der Waals surface area contributed by atoms with Crippen LogP contribution in [0, 0.1) is 0 Å². The first-order chi connectivity index (χ1) is 6.35. The molecule has 0 unspecified atom stereocenters. The zero-order valence-electron chi connectivity index (χ0n) is 7.37. The lowest BCUT2D eigenvalue weighted by molar-refractivity contribution is 0.617. The number of nitrogens with one attached hydrogen (secondary N) is 1. The lowest BCUT2D eigenvalue weighted by Crippen LogP contribution is -2.06. The summed E-state index contributed by atoms with van der Waals surface area (Å²) in [6, 6.07) is 6.22. The minimum atomic E-state index is 0.357. The van der Waals surface area contributed by atoms with Crippen molar-refractivity contribution in [2.45, 2.75) is 13.3 Å². The van der Waals surface area contributed by atoms with Crippen LogP contribution in [-0.2, 0) is 6.42 Å². The first kappa shape index (κ1) is 8.07. The van der Waals surface area contributed by atoms with E-state index in [4.69, 9.17) is 10.3 Å². The second-order valence-corrected chi connectivity index (χ2v) is 2.78. The summed E-state index contributed by atoms with van der Waals surface area (Å²) < 4.78 is 5.31. The third kappa shape index (κ3) is 1.25. The van der Waals surface area contributed by atoms with Gasteiger partial charge in [-0.2, -0.15) is 4.98 Å². The van der Waals surface area contributed by atoms with Gasteiger partial charge in [0.25, 0.3) is 0 Å². The van der Waals surface area contributed by atoms with E-state index < -0.39 is 0 Å². The highest BCUT2D eigenvalue weighted by molar-refractivity contribution is 5.78. The zero-order chi connectivity index (χ0) is 9.26. The summed E-state index contributed by atoms with van der Waals surface area (Å²) >= 11 is 0. The normalized spacial score (nSPS) is 10.6. The molecule has 1 aromatic heterocycles. The fourth-order valence-electron chi connectivity index (χ4n) is 1.35. The van der Waals surface area contributed by atoms with E-state index in [1.54, 1.807) is 0 Å². The summed E-state index contributed by atoms with van der Waals surface area (Å²) in [6.45, 7) is 2.08. The number of nitrogens with zero attached hydrogens (tertiary/aromatic N) is 1. The Morgan fingerprint density at radius 1 is 1.54 bits per heavy atom. The molecule has 0 fully saturated rings. The first-order valence-corrected chi connectivity index (χ1v) is 4.20. The molecule has 0 bridgehead atoms. The standard InChI is InChI=1S/C9H11N3O/c1-2-6-4-3-5-7-8(6)11-9(12-10)13-7/h3-5H,2,10H2,1H3,(H,11,12). The number of fused-ring (bicyclic) bond motifs is 1. The molecule has 1 heterocycles. The van der Waals surface area contributed by atoms with Crippen LogP contribution in [-0.4, -0.2) is 4.98 Å². The molecule has 1 aromatic carbocycles. The number of para-hydroxylation sites is 1. The van der Waals surface area contributed by atoms with Gasteiger partial charge in [-0.3, -0.25) is 5.43 Å². The number of rotatable bonds is 2. The molecule has 2 aromatic rings. The highest BCUT2D eigenvalue weighted by Crippen LogP contribution is 2.21. The number of hydrogen-bond acceptors (Lipinski definition) is 4. The predicted molar refractivity (Wildman–Crippen MR) is 51.2 cm³/mol. The van der Waals surface area contributed by atoms with Gasteiger partial charge >= 0.3 is 6.01 Å². The Morgan fingerprint density at radius 3 is 3.08 bits per heavy atom. The Hall–Kier alpha value is -1.55. The molecule has 4 nitrogen and oxygen atoms in total. The van der Waals surface area contributed by atoms with Crippen molar-refractivity contribution in [3.63, 3.8) is 0 Å². The fourth-order valence-corrected chi connectivity index (χ4v) is 1.35. The lowest BCUT2D eigenvalue weighted by Gasteiger charge is -1.93. The highest BCUT2D eigenvalue weighted by atomic mass is 16.4. The number of oxazole rings is 1. The van der Waals surface area contributed by atoms with Crippen LogP contribution in [0.5, 0.6) is 0 Å². The number of aromatic nitrogens is 1. The molecule has 0 atom stereocenters. The molecule has 13 heavy (non-hydrogen) atoms. The summed E-state index contributed by atoms with van der Waals surface area (Å²) in [6.07, 6.45) is 0.938. The van der Waals surface area contributed by atoms with E-state index in [-0.39, 0.29) is 0 Å². The van der Waals surface area contributed by atoms with Gasteiger partial charge in [-0.1, -0.05) is 19.1 Å². The molecule has 68 valence electrons.